The van der Waals surface area contributed by atoms with Crippen molar-refractivity contribution in [2.75, 3.05) is 31.2 Å². The number of likely N-dealkylation sites (tertiary alicyclic amines) is 1. The van der Waals surface area contributed by atoms with Gasteiger partial charge in [0.05, 0.1) is 16.6 Å². The van der Waals surface area contributed by atoms with E-state index in [2.05, 4.69) is 69.5 Å². The number of fused-ring (bicyclic) bond motifs is 2. The Bertz CT molecular complexity index is 1010. The minimum absolute atomic E-state index is 0.269. The van der Waals surface area contributed by atoms with Crippen molar-refractivity contribution >= 4 is 24.2 Å². The molecular weight excluding hydrogens is 439 g/mol. The van der Waals surface area contributed by atoms with E-state index in [1.54, 1.807) is 0 Å². The molecular formula is C28H41BN2O4. The summed E-state index contributed by atoms with van der Waals surface area (Å²) in [5, 5.41) is 0. The van der Waals surface area contributed by atoms with Crippen molar-refractivity contribution in [2.45, 2.75) is 102 Å². The van der Waals surface area contributed by atoms with E-state index in [0.29, 0.717) is 24.7 Å². The average Bonchev–Trinajstić information content (AvgIpc) is 3.31. The molecule has 0 radical (unpaired) electrons. The molecule has 1 amide bonds. The van der Waals surface area contributed by atoms with Crippen LogP contribution in [0, 0.1) is 5.41 Å². The van der Waals surface area contributed by atoms with Gasteiger partial charge < -0.3 is 18.9 Å². The SMILES string of the molecule is CC1(C)CCN([C@H]2C[C@@H](N3C(=O)C4(CCOCC4)c4ccc(B5OC(C)(C)C(C)(C)O5)cc43)C2)C1. The molecule has 1 saturated carbocycles. The zero-order chi connectivity index (χ0) is 24.8. The summed E-state index contributed by atoms with van der Waals surface area (Å²) >= 11 is 0. The Morgan fingerprint density at radius 1 is 0.914 bits per heavy atom. The summed E-state index contributed by atoms with van der Waals surface area (Å²) < 4.78 is 18.4. The number of benzene rings is 1. The summed E-state index contributed by atoms with van der Waals surface area (Å²) in [4.78, 5) is 19.0. The molecule has 1 spiro atoms. The molecule has 6 nitrogen and oxygen atoms in total. The smallest absolute Gasteiger partial charge is 0.399 e. The van der Waals surface area contributed by atoms with E-state index in [-0.39, 0.29) is 11.9 Å². The molecule has 0 aromatic heterocycles. The first kappa shape index (κ1) is 24.0. The maximum absolute atomic E-state index is 14.1. The molecule has 4 heterocycles. The summed E-state index contributed by atoms with van der Waals surface area (Å²) in [6, 6.07) is 7.34. The minimum atomic E-state index is -0.442. The Labute approximate surface area is 210 Å². The number of amides is 1. The molecule has 4 aliphatic heterocycles. The van der Waals surface area contributed by atoms with E-state index in [1.165, 1.54) is 25.1 Å². The lowest BCUT2D eigenvalue weighted by molar-refractivity contribution is -0.127. The molecule has 4 fully saturated rings. The standard InChI is InChI=1S/C28H41BN2O4/c1-25(2)9-12-30(18-25)20-16-21(17-20)31-23-15-19(29-34-26(3,4)27(5,6)35-29)7-8-22(23)28(24(31)32)10-13-33-14-11-28/h7-8,15,20-21H,9-14,16-18H2,1-6H3/t20-,21+. The molecule has 0 bridgehead atoms. The summed E-state index contributed by atoms with van der Waals surface area (Å²) in [7, 11) is -0.422. The summed E-state index contributed by atoms with van der Waals surface area (Å²) in [6.07, 6.45) is 4.92. The number of anilines is 1. The van der Waals surface area contributed by atoms with Crippen LogP contribution in [-0.4, -0.2) is 67.5 Å². The van der Waals surface area contributed by atoms with Gasteiger partial charge in [-0.15, -0.1) is 0 Å². The van der Waals surface area contributed by atoms with Gasteiger partial charge >= 0.3 is 7.12 Å². The van der Waals surface area contributed by atoms with Crippen molar-refractivity contribution in [1.29, 1.82) is 0 Å². The highest BCUT2D eigenvalue weighted by molar-refractivity contribution is 6.62. The molecule has 3 saturated heterocycles. The molecule has 5 aliphatic rings. The van der Waals surface area contributed by atoms with Crippen molar-refractivity contribution in [3.05, 3.63) is 23.8 Å². The van der Waals surface area contributed by atoms with E-state index < -0.39 is 23.7 Å². The summed E-state index contributed by atoms with van der Waals surface area (Å²) in [6.45, 7) is 16.7. The monoisotopic (exact) mass is 480 g/mol. The van der Waals surface area contributed by atoms with Crippen LogP contribution in [0.3, 0.4) is 0 Å². The van der Waals surface area contributed by atoms with Crippen molar-refractivity contribution in [3.63, 3.8) is 0 Å². The first-order valence-corrected chi connectivity index (χ1v) is 13.6. The fourth-order valence-electron chi connectivity index (χ4n) is 6.83. The normalized spacial score (nSPS) is 32.8. The van der Waals surface area contributed by atoms with Gasteiger partial charge in [0.15, 0.2) is 0 Å². The number of nitrogens with zero attached hydrogens (tertiary/aromatic N) is 2. The summed E-state index contributed by atoms with van der Waals surface area (Å²) in [5.41, 5.74) is 2.44. The first-order chi connectivity index (χ1) is 16.4. The van der Waals surface area contributed by atoms with Crippen LogP contribution in [0.1, 0.15) is 79.2 Å². The maximum Gasteiger partial charge on any atom is 0.494 e. The van der Waals surface area contributed by atoms with Crippen LogP contribution in [0.15, 0.2) is 18.2 Å². The fraction of sp³-hybridized carbons (Fsp3) is 0.750. The Kier molecular flexibility index (Phi) is 5.34. The van der Waals surface area contributed by atoms with Crippen LogP contribution in [0.4, 0.5) is 5.69 Å². The van der Waals surface area contributed by atoms with Crippen LogP contribution >= 0.6 is 0 Å². The topological polar surface area (TPSA) is 51.2 Å². The predicted molar refractivity (Wildman–Crippen MR) is 138 cm³/mol. The lowest BCUT2D eigenvalue weighted by Gasteiger charge is -2.46. The first-order valence-electron chi connectivity index (χ1n) is 13.6. The number of ether oxygens (including phenoxy) is 1. The van der Waals surface area contributed by atoms with Crippen LogP contribution in [0.25, 0.3) is 0 Å². The third-order valence-electron chi connectivity index (χ3n) is 9.97. The van der Waals surface area contributed by atoms with Gasteiger partial charge in [0.2, 0.25) is 5.91 Å². The lowest BCUT2D eigenvalue weighted by atomic mass is 9.73. The van der Waals surface area contributed by atoms with Gasteiger partial charge in [0, 0.05) is 37.5 Å². The Morgan fingerprint density at radius 3 is 2.17 bits per heavy atom. The second-order valence-electron chi connectivity index (χ2n) is 13.4. The van der Waals surface area contributed by atoms with Crippen molar-refractivity contribution in [1.82, 2.24) is 4.90 Å². The highest BCUT2D eigenvalue weighted by atomic mass is 16.7. The van der Waals surface area contributed by atoms with Crippen LogP contribution in [0.5, 0.6) is 0 Å². The molecule has 1 aromatic carbocycles. The zero-order valence-electron chi connectivity index (χ0n) is 22.4. The molecule has 0 unspecified atom stereocenters. The van der Waals surface area contributed by atoms with Gasteiger partial charge in [-0.2, -0.15) is 0 Å². The van der Waals surface area contributed by atoms with Gasteiger partial charge in [0.25, 0.3) is 0 Å². The number of hydrogen-bond donors (Lipinski definition) is 0. The van der Waals surface area contributed by atoms with Crippen LogP contribution in [-0.2, 0) is 24.3 Å². The predicted octanol–water partition coefficient (Wildman–Crippen LogP) is 3.64. The zero-order valence-corrected chi connectivity index (χ0v) is 22.4. The highest BCUT2D eigenvalue weighted by Gasteiger charge is 2.57. The van der Waals surface area contributed by atoms with Gasteiger partial charge in [0.1, 0.15) is 0 Å². The Morgan fingerprint density at radius 2 is 1.57 bits per heavy atom. The van der Waals surface area contributed by atoms with Gasteiger partial charge in [-0.05, 0) is 88.9 Å². The number of carbonyl (C=O) groups excluding carboxylic acids is 1. The second kappa shape index (κ2) is 7.80. The van der Waals surface area contributed by atoms with Crippen LogP contribution in [0.2, 0.25) is 0 Å². The average molecular weight is 480 g/mol. The molecule has 190 valence electrons. The quantitative estimate of drug-likeness (QED) is 0.619. The van der Waals surface area contributed by atoms with Gasteiger partial charge in [-0.1, -0.05) is 26.0 Å². The lowest BCUT2D eigenvalue weighted by Crippen LogP contribution is -2.57. The van der Waals surface area contributed by atoms with E-state index in [9.17, 15) is 4.79 Å². The number of rotatable bonds is 3. The van der Waals surface area contributed by atoms with E-state index in [1.807, 2.05) is 0 Å². The third-order valence-corrected chi connectivity index (χ3v) is 9.97. The number of carbonyl (C=O) groups is 1. The minimum Gasteiger partial charge on any atom is -0.399 e. The molecule has 0 atom stereocenters. The second-order valence-corrected chi connectivity index (χ2v) is 13.4. The number of hydrogen-bond acceptors (Lipinski definition) is 5. The molecule has 1 aromatic rings. The molecule has 0 N–H and O–H groups in total. The highest BCUT2D eigenvalue weighted by Crippen LogP contribution is 2.51. The van der Waals surface area contributed by atoms with Crippen molar-refractivity contribution < 1.29 is 18.8 Å². The van der Waals surface area contributed by atoms with E-state index >= 15 is 0 Å². The van der Waals surface area contributed by atoms with Gasteiger partial charge in [-0.3, -0.25) is 9.69 Å². The molecule has 6 rings (SSSR count). The summed E-state index contributed by atoms with van der Waals surface area (Å²) in [5.74, 6) is 0.284. The molecule has 1 aliphatic carbocycles. The maximum atomic E-state index is 14.1. The molecule has 35 heavy (non-hydrogen) atoms. The van der Waals surface area contributed by atoms with Crippen LogP contribution < -0.4 is 10.4 Å². The molecule has 7 heteroatoms. The Balaban J connectivity index is 1.30. The van der Waals surface area contributed by atoms with Gasteiger partial charge in [-0.25, -0.2) is 0 Å². The van der Waals surface area contributed by atoms with E-state index in [0.717, 1.165) is 36.8 Å². The Hall–Kier alpha value is -1.41. The van der Waals surface area contributed by atoms with E-state index in [4.69, 9.17) is 14.0 Å². The largest absolute Gasteiger partial charge is 0.494 e. The fourth-order valence-corrected chi connectivity index (χ4v) is 6.83. The van der Waals surface area contributed by atoms with Crippen molar-refractivity contribution in [3.8, 4) is 0 Å². The third kappa shape index (κ3) is 3.64. The van der Waals surface area contributed by atoms with Crippen molar-refractivity contribution in [2.24, 2.45) is 5.41 Å².